The van der Waals surface area contributed by atoms with Crippen LogP contribution >= 0.6 is 0 Å². The molecule has 1 N–H and O–H groups in total. The number of likely N-dealkylation sites (tertiary alicyclic amines) is 1. The molecular formula is C30H34N4O. The minimum atomic E-state index is -0.710. The summed E-state index contributed by atoms with van der Waals surface area (Å²) in [6, 6.07) is 33.0. The van der Waals surface area contributed by atoms with Gasteiger partial charge in [-0.05, 0) is 49.0 Å². The van der Waals surface area contributed by atoms with Crippen LogP contribution in [0.5, 0.6) is 0 Å². The van der Waals surface area contributed by atoms with E-state index in [2.05, 4.69) is 52.8 Å². The number of nitrogens with one attached hydrogen (secondary N) is 1. The molecule has 1 heterocycles. The van der Waals surface area contributed by atoms with Gasteiger partial charge in [-0.25, -0.2) is 5.01 Å². The number of hydrogen-bond acceptors (Lipinski definition) is 4. The van der Waals surface area contributed by atoms with Gasteiger partial charge in [0, 0.05) is 20.6 Å². The lowest BCUT2D eigenvalue weighted by Gasteiger charge is -2.42. The van der Waals surface area contributed by atoms with E-state index in [1.54, 1.807) is 5.01 Å². The Kier molecular flexibility index (Phi) is 7.65. The van der Waals surface area contributed by atoms with Crippen molar-refractivity contribution in [3.05, 3.63) is 108 Å². The molecule has 5 heteroatoms. The topological polar surface area (TPSA) is 59.4 Å². The van der Waals surface area contributed by atoms with Crippen molar-refractivity contribution in [3.63, 3.8) is 0 Å². The van der Waals surface area contributed by atoms with Crippen LogP contribution in [0.3, 0.4) is 0 Å². The lowest BCUT2D eigenvalue weighted by Crippen LogP contribution is -2.54. The Bertz CT molecular complexity index is 1090. The number of carbonyl (C=O) groups excluding carboxylic acids is 1. The molecule has 4 rings (SSSR count). The maximum atomic E-state index is 13.4. The van der Waals surface area contributed by atoms with E-state index in [9.17, 15) is 10.1 Å². The third kappa shape index (κ3) is 5.14. The predicted octanol–water partition coefficient (Wildman–Crippen LogP) is 4.51. The molecule has 0 spiro atoms. The Labute approximate surface area is 209 Å². The van der Waals surface area contributed by atoms with E-state index >= 15 is 0 Å². The van der Waals surface area contributed by atoms with E-state index in [-0.39, 0.29) is 5.91 Å². The lowest BCUT2D eigenvalue weighted by atomic mass is 9.71. The van der Waals surface area contributed by atoms with E-state index in [1.165, 1.54) is 0 Å². The molecule has 0 atom stereocenters. The fourth-order valence-corrected chi connectivity index (χ4v) is 5.28. The summed E-state index contributed by atoms with van der Waals surface area (Å²) in [4.78, 5) is 15.8. The van der Waals surface area contributed by atoms with Crippen LogP contribution in [0.1, 0.15) is 36.0 Å². The normalized spacial score (nSPS) is 15.9. The number of benzene rings is 3. The van der Waals surface area contributed by atoms with Crippen LogP contribution in [0.4, 0.5) is 0 Å². The second-order valence-electron chi connectivity index (χ2n) is 9.62. The van der Waals surface area contributed by atoms with E-state index in [0.717, 1.165) is 49.2 Å². The Morgan fingerprint density at radius 2 is 1.40 bits per heavy atom. The van der Waals surface area contributed by atoms with Crippen molar-refractivity contribution in [2.45, 2.75) is 30.1 Å². The SMILES string of the molecule is CN(C)NC(=O)C1(c2ccccc2)CCN(CCC(C#N)(c2ccccc2)c2ccccc2)CC1. The van der Waals surface area contributed by atoms with Gasteiger partial charge in [-0.1, -0.05) is 91.0 Å². The van der Waals surface area contributed by atoms with Crippen molar-refractivity contribution >= 4 is 5.91 Å². The summed E-state index contributed by atoms with van der Waals surface area (Å²) in [6.45, 7) is 2.40. The average Bonchev–Trinajstić information content (AvgIpc) is 2.91. The van der Waals surface area contributed by atoms with Gasteiger partial charge in [-0.15, -0.1) is 0 Å². The first kappa shape index (κ1) is 24.7. The number of rotatable bonds is 8. The molecule has 0 aliphatic carbocycles. The van der Waals surface area contributed by atoms with Gasteiger partial charge in [-0.2, -0.15) is 5.26 Å². The minimum absolute atomic E-state index is 0.0493. The average molecular weight is 467 g/mol. The number of piperidine rings is 1. The first-order valence-electron chi connectivity index (χ1n) is 12.3. The van der Waals surface area contributed by atoms with Crippen molar-refractivity contribution in [3.8, 4) is 6.07 Å². The second kappa shape index (κ2) is 10.9. The summed E-state index contributed by atoms with van der Waals surface area (Å²) in [5.41, 5.74) is 4.86. The molecule has 1 amide bonds. The molecule has 3 aromatic rings. The quantitative estimate of drug-likeness (QED) is 0.496. The van der Waals surface area contributed by atoms with Crippen LogP contribution in [-0.4, -0.2) is 49.5 Å². The van der Waals surface area contributed by atoms with Gasteiger partial charge in [0.05, 0.1) is 11.5 Å². The van der Waals surface area contributed by atoms with E-state index in [4.69, 9.17) is 0 Å². The smallest absolute Gasteiger partial charge is 0.245 e. The molecule has 1 aliphatic rings. The largest absolute Gasteiger partial charge is 0.303 e. The fraction of sp³-hybridized carbons (Fsp3) is 0.333. The van der Waals surface area contributed by atoms with Crippen molar-refractivity contribution in [2.24, 2.45) is 0 Å². The van der Waals surface area contributed by atoms with Gasteiger partial charge in [0.1, 0.15) is 5.41 Å². The van der Waals surface area contributed by atoms with Crippen LogP contribution in [0.15, 0.2) is 91.0 Å². The number of nitriles is 1. The summed E-state index contributed by atoms with van der Waals surface area (Å²) in [5.74, 6) is 0.0493. The van der Waals surface area contributed by atoms with Gasteiger partial charge < -0.3 is 4.90 Å². The van der Waals surface area contributed by atoms with Crippen molar-refractivity contribution < 1.29 is 4.79 Å². The molecule has 0 radical (unpaired) electrons. The Balaban J connectivity index is 1.54. The number of nitrogens with zero attached hydrogens (tertiary/aromatic N) is 3. The van der Waals surface area contributed by atoms with Crippen molar-refractivity contribution in [1.29, 1.82) is 5.26 Å². The number of carbonyl (C=O) groups is 1. The number of hydrogen-bond donors (Lipinski definition) is 1. The molecule has 0 bridgehead atoms. The fourth-order valence-electron chi connectivity index (χ4n) is 5.28. The molecule has 0 saturated carbocycles. The molecule has 3 aromatic carbocycles. The van der Waals surface area contributed by atoms with Crippen molar-refractivity contribution in [1.82, 2.24) is 15.3 Å². The van der Waals surface area contributed by atoms with Gasteiger partial charge in [0.25, 0.3) is 0 Å². The first-order chi connectivity index (χ1) is 17.0. The third-order valence-electron chi connectivity index (χ3n) is 7.32. The summed E-state index contributed by atoms with van der Waals surface area (Å²) in [6.07, 6.45) is 2.18. The second-order valence-corrected chi connectivity index (χ2v) is 9.62. The highest BCUT2D eigenvalue weighted by atomic mass is 16.2. The van der Waals surface area contributed by atoms with Gasteiger partial charge in [0.15, 0.2) is 0 Å². The van der Waals surface area contributed by atoms with Crippen LogP contribution in [-0.2, 0) is 15.6 Å². The molecule has 1 aliphatic heterocycles. The molecule has 180 valence electrons. The highest BCUT2D eigenvalue weighted by Crippen LogP contribution is 2.38. The monoisotopic (exact) mass is 466 g/mol. The molecule has 0 unspecified atom stereocenters. The van der Waals surface area contributed by atoms with Crippen LogP contribution in [0.2, 0.25) is 0 Å². The number of hydrazine groups is 1. The maximum absolute atomic E-state index is 13.4. The van der Waals surface area contributed by atoms with Gasteiger partial charge in [-0.3, -0.25) is 10.2 Å². The molecule has 35 heavy (non-hydrogen) atoms. The standard InChI is InChI=1S/C30H34N4O/c1-33(2)32-28(35)29(25-12-6-3-7-13-25)18-21-34(22-19-29)23-20-30(24-31,26-14-8-4-9-15-26)27-16-10-5-11-17-27/h3-17H,18-23H2,1-2H3,(H,32,35). The Hall–Kier alpha value is -3.46. The van der Waals surface area contributed by atoms with Crippen molar-refractivity contribution in [2.75, 3.05) is 33.7 Å². The maximum Gasteiger partial charge on any atom is 0.245 e. The molecule has 0 aromatic heterocycles. The zero-order valence-electron chi connectivity index (χ0n) is 20.7. The van der Waals surface area contributed by atoms with Gasteiger partial charge in [0.2, 0.25) is 5.91 Å². The molecule has 5 nitrogen and oxygen atoms in total. The van der Waals surface area contributed by atoms with Gasteiger partial charge >= 0.3 is 0 Å². The highest BCUT2D eigenvalue weighted by Gasteiger charge is 2.43. The van der Waals surface area contributed by atoms with E-state index in [0.29, 0.717) is 6.42 Å². The van der Waals surface area contributed by atoms with Crippen LogP contribution in [0.25, 0.3) is 0 Å². The van der Waals surface area contributed by atoms with Crippen LogP contribution < -0.4 is 5.43 Å². The summed E-state index contributed by atoms with van der Waals surface area (Å²) < 4.78 is 0. The third-order valence-corrected chi connectivity index (χ3v) is 7.32. The summed E-state index contributed by atoms with van der Waals surface area (Å²) in [5, 5.41) is 12.2. The first-order valence-corrected chi connectivity index (χ1v) is 12.3. The molecule has 1 fully saturated rings. The van der Waals surface area contributed by atoms with E-state index in [1.807, 2.05) is 68.7 Å². The Morgan fingerprint density at radius 3 is 1.86 bits per heavy atom. The summed E-state index contributed by atoms with van der Waals surface area (Å²) >= 11 is 0. The highest BCUT2D eigenvalue weighted by molar-refractivity contribution is 5.88. The minimum Gasteiger partial charge on any atom is -0.303 e. The lowest BCUT2D eigenvalue weighted by molar-refractivity contribution is -0.132. The Morgan fingerprint density at radius 1 is 0.914 bits per heavy atom. The predicted molar refractivity (Wildman–Crippen MR) is 140 cm³/mol. The molecule has 1 saturated heterocycles. The zero-order chi connectivity index (χ0) is 24.7. The summed E-state index contributed by atoms with van der Waals surface area (Å²) in [7, 11) is 3.70. The van der Waals surface area contributed by atoms with Crippen LogP contribution in [0, 0.1) is 11.3 Å². The zero-order valence-corrected chi connectivity index (χ0v) is 20.7. The van der Waals surface area contributed by atoms with E-state index < -0.39 is 10.8 Å². The molecular weight excluding hydrogens is 432 g/mol. The number of amides is 1.